The Bertz CT molecular complexity index is 1990. The lowest BCUT2D eigenvalue weighted by Gasteiger charge is -2.27. The summed E-state index contributed by atoms with van der Waals surface area (Å²) < 4.78 is 21.2. The molecule has 2 aromatic heterocycles. The summed E-state index contributed by atoms with van der Waals surface area (Å²) in [5.41, 5.74) is 2.78. The molecular weight excluding hydrogens is 648 g/mol. The normalized spacial score (nSPS) is 17.0. The largest absolute Gasteiger partial charge is 0.496 e. The Morgan fingerprint density at radius 1 is 1.18 bits per heavy atom. The van der Waals surface area contributed by atoms with E-state index in [1.54, 1.807) is 31.6 Å². The maximum atomic E-state index is 14.2. The van der Waals surface area contributed by atoms with Crippen LogP contribution in [0.4, 0.5) is 0 Å². The molecule has 0 aliphatic carbocycles. The molecule has 0 unspecified atom stereocenters. The molecule has 12 heteroatoms. The molecule has 6 rings (SSSR count). The Morgan fingerprint density at radius 3 is 2.70 bits per heavy atom. The van der Waals surface area contributed by atoms with Gasteiger partial charge in [0.15, 0.2) is 4.80 Å². The Morgan fingerprint density at radius 2 is 1.95 bits per heavy atom. The van der Waals surface area contributed by atoms with E-state index in [4.69, 9.17) is 14.2 Å². The number of benzene rings is 2. The zero-order valence-corrected chi connectivity index (χ0v) is 26.9. The minimum atomic E-state index is -0.813. The van der Waals surface area contributed by atoms with Crippen LogP contribution in [0.15, 0.2) is 74.2 Å². The molecule has 0 radical (unpaired) electrons. The lowest BCUT2D eigenvalue weighted by atomic mass is 9.95. The van der Waals surface area contributed by atoms with Crippen LogP contribution in [0.2, 0.25) is 0 Å². The minimum absolute atomic E-state index is 0.0184. The summed E-state index contributed by atoms with van der Waals surface area (Å²) in [5.74, 6) is 0.00487. The number of carbonyl (C=O) groups is 2. The molecule has 2 aromatic carbocycles. The van der Waals surface area contributed by atoms with Crippen molar-refractivity contribution in [3.63, 3.8) is 0 Å². The second-order valence-corrected chi connectivity index (χ2v) is 12.3. The second kappa shape index (κ2) is 12.5. The number of carbonyl (C=O) groups excluding carboxylic acids is 2. The van der Waals surface area contributed by atoms with E-state index in [1.807, 2.05) is 58.1 Å². The number of amides is 1. The van der Waals surface area contributed by atoms with Crippen molar-refractivity contribution in [1.82, 2.24) is 14.0 Å². The van der Waals surface area contributed by atoms with Gasteiger partial charge in [-0.2, -0.15) is 0 Å². The standard InChI is InChI=1S/C32H31BrN4O6S/c1-4-43-31(40)28-19(2)34-32-37(29(28)23-16-21(33)9-10-25(23)41-3)30(39)26(44-32)15-20-17-36(24-8-6-5-7-22(20)24)18-27(38)35-11-13-42-14-12-35/h5-10,15-17,29H,4,11-14,18H2,1-3H3/b26-15-/t29-/m0/s1. The van der Waals surface area contributed by atoms with Crippen molar-refractivity contribution in [3.8, 4) is 5.75 Å². The molecule has 10 nitrogen and oxygen atoms in total. The molecule has 228 valence electrons. The minimum Gasteiger partial charge on any atom is -0.496 e. The highest BCUT2D eigenvalue weighted by Gasteiger charge is 2.35. The summed E-state index contributed by atoms with van der Waals surface area (Å²) in [6, 6.07) is 12.5. The molecule has 0 bridgehead atoms. The molecule has 1 fully saturated rings. The summed E-state index contributed by atoms with van der Waals surface area (Å²) in [4.78, 5) is 47.6. The SMILES string of the molecule is CCOC(=O)C1=C(C)N=c2s/c(=C\c3cn(CC(=O)N4CCOCC4)c4ccccc34)c(=O)n2[C@H]1c1cc(Br)ccc1OC. The lowest BCUT2D eigenvalue weighted by Crippen LogP contribution is -2.42. The number of esters is 1. The number of allylic oxidation sites excluding steroid dienone is 1. The van der Waals surface area contributed by atoms with Gasteiger partial charge < -0.3 is 23.7 Å². The zero-order valence-electron chi connectivity index (χ0n) is 24.5. The van der Waals surface area contributed by atoms with Crippen LogP contribution < -0.4 is 19.6 Å². The van der Waals surface area contributed by atoms with E-state index >= 15 is 0 Å². The van der Waals surface area contributed by atoms with Gasteiger partial charge in [0.05, 0.1) is 42.7 Å². The number of morpholine rings is 1. The van der Waals surface area contributed by atoms with Crippen molar-refractivity contribution in [1.29, 1.82) is 0 Å². The Balaban J connectivity index is 1.49. The first-order valence-corrected chi connectivity index (χ1v) is 15.9. The average Bonchev–Trinajstić information content (AvgIpc) is 3.52. The van der Waals surface area contributed by atoms with Crippen LogP contribution in [0.3, 0.4) is 0 Å². The first-order chi connectivity index (χ1) is 21.3. The summed E-state index contributed by atoms with van der Waals surface area (Å²) in [6.45, 7) is 6.07. The van der Waals surface area contributed by atoms with Gasteiger partial charge in [0.2, 0.25) is 5.91 Å². The van der Waals surface area contributed by atoms with Crippen molar-refractivity contribution in [3.05, 3.63) is 95.2 Å². The number of ether oxygens (including phenoxy) is 3. The molecule has 2 aliphatic rings. The number of hydrogen-bond acceptors (Lipinski definition) is 8. The van der Waals surface area contributed by atoms with Crippen LogP contribution in [0.1, 0.15) is 31.0 Å². The second-order valence-electron chi connectivity index (χ2n) is 10.4. The molecule has 0 N–H and O–H groups in total. The predicted molar refractivity (Wildman–Crippen MR) is 170 cm³/mol. The molecule has 1 saturated heterocycles. The van der Waals surface area contributed by atoms with Gasteiger partial charge >= 0.3 is 5.97 Å². The van der Waals surface area contributed by atoms with Crippen molar-refractivity contribution < 1.29 is 23.8 Å². The fraction of sp³-hybridized carbons (Fsp3) is 0.312. The molecule has 1 amide bonds. The lowest BCUT2D eigenvalue weighted by molar-refractivity contribution is -0.139. The number of hydrogen-bond donors (Lipinski definition) is 0. The van der Waals surface area contributed by atoms with Crippen LogP contribution >= 0.6 is 27.3 Å². The topological polar surface area (TPSA) is 104 Å². The third kappa shape index (κ3) is 5.53. The smallest absolute Gasteiger partial charge is 0.338 e. The Labute approximate surface area is 265 Å². The summed E-state index contributed by atoms with van der Waals surface area (Å²) in [6.07, 6.45) is 3.74. The van der Waals surface area contributed by atoms with Gasteiger partial charge in [0, 0.05) is 45.8 Å². The van der Waals surface area contributed by atoms with E-state index < -0.39 is 12.0 Å². The van der Waals surface area contributed by atoms with E-state index in [0.29, 0.717) is 52.6 Å². The van der Waals surface area contributed by atoms with Crippen LogP contribution in [0.5, 0.6) is 5.75 Å². The van der Waals surface area contributed by atoms with Gasteiger partial charge in [-0.3, -0.25) is 14.2 Å². The average molecular weight is 680 g/mol. The van der Waals surface area contributed by atoms with Gasteiger partial charge in [-0.05, 0) is 44.2 Å². The maximum absolute atomic E-state index is 14.2. The number of rotatable bonds is 7. The molecule has 0 saturated carbocycles. The summed E-state index contributed by atoms with van der Waals surface area (Å²) >= 11 is 4.78. The van der Waals surface area contributed by atoms with Gasteiger partial charge in [-0.25, -0.2) is 9.79 Å². The maximum Gasteiger partial charge on any atom is 0.338 e. The van der Waals surface area contributed by atoms with Crippen LogP contribution in [-0.2, 0) is 25.6 Å². The van der Waals surface area contributed by atoms with E-state index in [0.717, 1.165) is 20.9 Å². The predicted octanol–water partition coefficient (Wildman–Crippen LogP) is 3.38. The van der Waals surface area contributed by atoms with E-state index in [1.165, 1.54) is 11.3 Å². The number of para-hydroxylation sites is 1. The number of fused-ring (bicyclic) bond motifs is 2. The number of thiazole rings is 1. The van der Waals surface area contributed by atoms with Crippen LogP contribution in [-0.4, -0.2) is 65.9 Å². The summed E-state index contributed by atoms with van der Waals surface area (Å²) in [5, 5.41) is 0.918. The van der Waals surface area contributed by atoms with Crippen molar-refractivity contribution in [2.75, 3.05) is 40.0 Å². The molecule has 4 aromatic rings. The van der Waals surface area contributed by atoms with Crippen LogP contribution in [0.25, 0.3) is 17.0 Å². The fourth-order valence-electron chi connectivity index (χ4n) is 5.73. The molecule has 0 spiro atoms. The highest BCUT2D eigenvalue weighted by Crippen LogP contribution is 2.37. The molecular formula is C32H31BrN4O6S. The molecule has 1 atom stereocenters. The van der Waals surface area contributed by atoms with Crippen molar-refractivity contribution in [2.45, 2.75) is 26.4 Å². The Hall–Kier alpha value is -4.00. The fourth-order valence-corrected chi connectivity index (χ4v) is 7.14. The summed E-state index contributed by atoms with van der Waals surface area (Å²) in [7, 11) is 1.55. The van der Waals surface area contributed by atoms with Gasteiger partial charge in [-0.15, -0.1) is 0 Å². The quantitative estimate of drug-likeness (QED) is 0.278. The van der Waals surface area contributed by atoms with Gasteiger partial charge in [0.25, 0.3) is 5.56 Å². The highest BCUT2D eigenvalue weighted by molar-refractivity contribution is 9.10. The number of nitrogens with zero attached hydrogens (tertiary/aromatic N) is 4. The zero-order chi connectivity index (χ0) is 31.0. The van der Waals surface area contributed by atoms with Gasteiger partial charge in [-0.1, -0.05) is 45.5 Å². The monoisotopic (exact) mass is 678 g/mol. The highest BCUT2D eigenvalue weighted by atomic mass is 79.9. The molecule has 4 heterocycles. The number of aromatic nitrogens is 2. The number of halogens is 1. The van der Waals surface area contributed by atoms with E-state index in [2.05, 4.69) is 20.9 Å². The van der Waals surface area contributed by atoms with Crippen molar-refractivity contribution in [2.24, 2.45) is 4.99 Å². The molecule has 2 aliphatic heterocycles. The van der Waals surface area contributed by atoms with E-state index in [-0.39, 0.29) is 30.2 Å². The van der Waals surface area contributed by atoms with Crippen LogP contribution in [0, 0.1) is 0 Å². The van der Waals surface area contributed by atoms with Gasteiger partial charge in [0.1, 0.15) is 18.3 Å². The number of methoxy groups -OCH3 is 1. The third-order valence-electron chi connectivity index (χ3n) is 7.78. The third-order valence-corrected chi connectivity index (χ3v) is 9.25. The van der Waals surface area contributed by atoms with E-state index in [9.17, 15) is 14.4 Å². The Kier molecular flexibility index (Phi) is 8.57. The molecule has 44 heavy (non-hydrogen) atoms. The first-order valence-electron chi connectivity index (χ1n) is 14.3. The first kappa shape index (κ1) is 30.0. The van der Waals surface area contributed by atoms with Crippen molar-refractivity contribution >= 4 is 56.1 Å².